The average molecular weight is 415 g/mol. The first-order valence-electron chi connectivity index (χ1n) is 13.6. The van der Waals surface area contributed by atoms with Gasteiger partial charge in [0.15, 0.2) is 0 Å². The summed E-state index contributed by atoms with van der Waals surface area (Å²) in [6.07, 6.45) is 18.7. The zero-order chi connectivity index (χ0) is 21.5. The molecule has 0 amide bonds. The van der Waals surface area contributed by atoms with Gasteiger partial charge in [0.2, 0.25) is 0 Å². The molecule has 1 nitrogen and oxygen atoms in total. The van der Waals surface area contributed by atoms with Crippen molar-refractivity contribution < 1.29 is 4.74 Å². The molecule has 4 rings (SSSR count). The number of hydrogen-bond donors (Lipinski definition) is 0. The smallest absolute Gasteiger partial charge is 0.0612 e. The van der Waals surface area contributed by atoms with Gasteiger partial charge in [-0.3, -0.25) is 0 Å². The Hall–Kier alpha value is -0.300. The van der Waals surface area contributed by atoms with E-state index in [-0.39, 0.29) is 0 Å². The van der Waals surface area contributed by atoms with E-state index in [1.165, 1.54) is 70.6 Å². The van der Waals surface area contributed by atoms with Crippen LogP contribution in [0.25, 0.3) is 0 Å². The lowest BCUT2D eigenvalue weighted by Crippen LogP contribution is -2.51. The first kappa shape index (κ1) is 22.9. The maximum atomic E-state index is 6.04. The molecule has 30 heavy (non-hydrogen) atoms. The van der Waals surface area contributed by atoms with Crippen molar-refractivity contribution >= 4 is 0 Å². The molecule has 0 aromatic rings. The molecule has 8 atom stereocenters. The van der Waals surface area contributed by atoms with Gasteiger partial charge in [0, 0.05) is 6.61 Å². The number of allylic oxidation sites excluding steroid dienone is 1. The van der Waals surface area contributed by atoms with Crippen molar-refractivity contribution in [2.24, 2.45) is 46.3 Å². The summed E-state index contributed by atoms with van der Waals surface area (Å²) in [4.78, 5) is 0. The van der Waals surface area contributed by atoms with Crippen LogP contribution in [0.15, 0.2) is 11.6 Å². The third-order valence-corrected chi connectivity index (χ3v) is 10.7. The van der Waals surface area contributed by atoms with E-state index in [1.54, 1.807) is 5.57 Å². The van der Waals surface area contributed by atoms with E-state index in [0.29, 0.717) is 16.9 Å². The summed E-state index contributed by atoms with van der Waals surface area (Å²) in [7, 11) is 0. The fourth-order valence-corrected chi connectivity index (χ4v) is 9.03. The first-order valence-corrected chi connectivity index (χ1v) is 13.6. The second-order valence-corrected chi connectivity index (χ2v) is 12.6. The summed E-state index contributed by atoms with van der Waals surface area (Å²) < 4.78 is 6.04. The van der Waals surface area contributed by atoms with Crippen molar-refractivity contribution in [2.45, 2.75) is 118 Å². The zero-order valence-corrected chi connectivity index (χ0v) is 21.0. The van der Waals surface area contributed by atoms with Crippen LogP contribution in [0.1, 0.15) is 112 Å². The van der Waals surface area contributed by atoms with Crippen LogP contribution in [0, 0.1) is 46.3 Å². The molecule has 0 N–H and O–H groups in total. The van der Waals surface area contributed by atoms with Crippen LogP contribution < -0.4 is 0 Å². The predicted octanol–water partition coefficient (Wildman–Crippen LogP) is 8.43. The molecule has 0 saturated heterocycles. The van der Waals surface area contributed by atoms with Crippen LogP contribution in [-0.2, 0) is 4.74 Å². The number of rotatable bonds is 7. The lowest BCUT2D eigenvalue weighted by Gasteiger charge is -2.58. The van der Waals surface area contributed by atoms with Gasteiger partial charge in [-0.1, -0.05) is 65.5 Å². The Morgan fingerprint density at radius 3 is 2.53 bits per heavy atom. The molecule has 0 spiro atoms. The third-order valence-electron chi connectivity index (χ3n) is 10.7. The Morgan fingerprint density at radius 2 is 1.80 bits per heavy atom. The standard InChI is InChI=1S/C29H50O/c1-7-30-23-15-17-28(5)22(19-23)11-12-24-26-14-13-25(21(4)10-8-9-20(2)3)29(26,6)18-16-27(24)28/h11,20-21,23-27H,7-10,12-19H2,1-6H3/t21-,23-,24-,25-,26+,27+,28-,29+/m0/s1. The Balaban J connectivity index is 1.47. The van der Waals surface area contributed by atoms with Crippen LogP contribution in [0.4, 0.5) is 0 Å². The predicted molar refractivity (Wildman–Crippen MR) is 128 cm³/mol. The average Bonchev–Trinajstić information content (AvgIpc) is 3.05. The topological polar surface area (TPSA) is 9.23 Å². The fraction of sp³-hybridized carbons (Fsp3) is 0.931. The summed E-state index contributed by atoms with van der Waals surface area (Å²) in [6, 6.07) is 0. The van der Waals surface area contributed by atoms with Crippen molar-refractivity contribution in [3.63, 3.8) is 0 Å². The van der Waals surface area contributed by atoms with Crippen LogP contribution in [0.3, 0.4) is 0 Å². The number of ether oxygens (including phenoxy) is 1. The molecule has 172 valence electrons. The summed E-state index contributed by atoms with van der Waals surface area (Å²) in [5.41, 5.74) is 2.86. The lowest BCUT2D eigenvalue weighted by atomic mass is 9.47. The summed E-state index contributed by atoms with van der Waals surface area (Å²) in [5, 5.41) is 0. The Labute approximate surface area is 187 Å². The molecule has 0 aliphatic heterocycles. The van der Waals surface area contributed by atoms with Crippen molar-refractivity contribution in [2.75, 3.05) is 6.61 Å². The molecule has 3 fully saturated rings. The van der Waals surface area contributed by atoms with Crippen molar-refractivity contribution in [3.8, 4) is 0 Å². The van der Waals surface area contributed by atoms with Crippen LogP contribution in [-0.4, -0.2) is 12.7 Å². The van der Waals surface area contributed by atoms with Crippen molar-refractivity contribution in [1.29, 1.82) is 0 Å². The van der Waals surface area contributed by atoms with Crippen LogP contribution in [0.5, 0.6) is 0 Å². The molecular weight excluding hydrogens is 364 g/mol. The quantitative estimate of drug-likeness (QED) is 0.380. The molecule has 4 aliphatic carbocycles. The van der Waals surface area contributed by atoms with Gasteiger partial charge < -0.3 is 4.74 Å². The highest BCUT2D eigenvalue weighted by Gasteiger charge is 2.59. The third kappa shape index (κ3) is 3.95. The highest BCUT2D eigenvalue weighted by Crippen LogP contribution is 2.67. The monoisotopic (exact) mass is 414 g/mol. The number of hydrogen-bond acceptors (Lipinski definition) is 1. The van der Waals surface area contributed by atoms with Gasteiger partial charge >= 0.3 is 0 Å². The van der Waals surface area contributed by atoms with Gasteiger partial charge in [0.1, 0.15) is 0 Å². The van der Waals surface area contributed by atoms with Crippen molar-refractivity contribution in [3.05, 3.63) is 11.6 Å². The largest absolute Gasteiger partial charge is 0.378 e. The lowest BCUT2D eigenvalue weighted by molar-refractivity contribution is -0.0630. The van der Waals surface area contributed by atoms with E-state index >= 15 is 0 Å². The Morgan fingerprint density at radius 1 is 1.00 bits per heavy atom. The molecule has 0 aromatic carbocycles. The number of fused-ring (bicyclic) bond motifs is 5. The minimum atomic E-state index is 0.471. The molecule has 3 saturated carbocycles. The van der Waals surface area contributed by atoms with Gasteiger partial charge in [-0.25, -0.2) is 0 Å². The van der Waals surface area contributed by atoms with Crippen molar-refractivity contribution in [1.82, 2.24) is 0 Å². The minimum absolute atomic E-state index is 0.471. The highest BCUT2D eigenvalue weighted by atomic mass is 16.5. The van der Waals surface area contributed by atoms with Gasteiger partial charge in [0.05, 0.1) is 6.10 Å². The fourth-order valence-electron chi connectivity index (χ4n) is 9.03. The van der Waals surface area contributed by atoms with E-state index in [4.69, 9.17) is 4.74 Å². The van der Waals surface area contributed by atoms with E-state index < -0.39 is 0 Å². The van der Waals surface area contributed by atoms with Crippen LogP contribution in [0.2, 0.25) is 0 Å². The molecule has 4 aliphatic rings. The summed E-state index contributed by atoms with van der Waals surface area (Å²) in [5.74, 6) is 5.63. The maximum Gasteiger partial charge on any atom is 0.0612 e. The molecule has 1 heteroatoms. The van der Waals surface area contributed by atoms with E-state index in [1.807, 2.05) is 0 Å². The van der Waals surface area contributed by atoms with Crippen LogP contribution >= 0.6 is 0 Å². The second-order valence-electron chi connectivity index (χ2n) is 12.6. The SMILES string of the molecule is CCO[C@H]1CC[C@@]2(C)C(=CC[C@H]3[C@H]4CC[C@@H]([C@@H](C)CCCC(C)C)[C@@]4(C)CC[C@H]32)C1. The summed E-state index contributed by atoms with van der Waals surface area (Å²) >= 11 is 0. The van der Waals surface area contributed by atoms with E-state index in [0.717, 1.165) is 42.1 Å². The normalized spacial score (nSPS) is 44.2. The molecule has 0 radical (unpaired) electrons. The van der Waals surface area contributed by atoms with Gasteiger partial charge in [0.25, 0.3) is 0 Å². The van der Waals surface area contributed by atoms with E-state index in [2.05, 4.69) is 47.6 Å². The minimum Gasteiger partial charge on any atom is -0.378 e. The highest BCUT2D eigenvalue weighted by molar-refractivity contribution is 5.25. The Bertz CT molecular complexity index is 620. The molecule has 0 unspecified atom stereocenters. The zero-order valence-electron chi connectivity index (χ0n) is 21.0. The molecule has 0 heterocycles. The molecule has 0 bridgehead atoms. The van der Waals surface area contributed by atoms with E-state index in [9.17, 15) is 0 Å². The molecule has 0 aromatic heterocycles. The van der Waals surface area contributed by atoms with Gasteiger partial charge in [-0.2, -0.15) is 0 Å². The first-order chi connectivity index (χ1) is 14.3. The molecular formula is C29H50O. The summed E-state index contributed by atoms with van der Waals surface area (Å²) in [6.45, 7) is 15.7. The maximum absolute atomic E-state index is 6.04. The Kier molecular flexibility index (Phi) is 6.80. The van der Waals surface area contributed by atoms with Gasteiger partial charge in [-0.05, 0) is 105 Å². The second kappa shape index (κ2) is 8.92. The van der Waals surface area contributed by atoms with Gasteiger partial charge in [-0.15, -0.1) is 0 Å².